The first-order valence-electron chi connectivity index (χ1n) is 5.04. The third kappa shape index (κ3) is 1.36. The van der Waals surface area contributed by atoms with Gasteiger partial charge in [-0.05, 0) is 29.5 Å². The summed E-state index contributed by atoms with van der Waals surface area (Å²) >= 11 is 0. The maximum atomic E-state index is 9.38. The fourth-order valence-electron chi connectivity index (χ4n) is 1.80. The van der Waals surface area contributed by atoms with Crippen LogP contribution in [0.1, 0.15) is 5.56 Å². The Hall–Kier alpha value is -2.22. The van der Waals surface area contributed by atoms with Crippen molar-refractivity contribution in [2.24, 2.45) is 0 Å². The molecule has 0 saturated carbocycles. The van der Waals surface area contributed by atoms with Crippen LogP contribution in [-0.2, 0) is 0 Å². The van der Waals surface area contributed by atoms with Gasteiger partial charge in [0.1, 0.15) is 17.2 Å². The van der Waals surface area contributed by atoms with Crippen LogP contribution in [0, 0.1) is 0 Å². The summed E-state index contributed by atoms with van der Waals surface area (Å²) < 4.78 is 5.71. The lowest BCUT2D eigenvalue weighted by atomic mass is 10.1. The molecule has 1 heterocycles. The van der Waals surface area contributed by atoms with Crippen LogP contribution >= 0.6 is 0 Å². The predicted molar refractivity (Wildman–Crippen MR) is 63.0 cm³/mol. The number of phenols is 1. The van der Waals surface area contributed by atoms with Crippen molar-refractivity contribution in [1.29, 1.82) is 0 Å². The average molecular weight is 210 g/mol. The van der Waals surface area contributed by atoms with Crippen molar-refractivity contribution < 1.29 is 9.84 Å². The van der Waals surface area contributed by atoms with E-state index >= 15 is 0 Å². The molecule has 1 aliphatic heterocycles. The van der Waals surface area contributed by atoms with Crippen LogP contribution in [0.25, 0.3) is 12.7 Å². The van der Waals surface area contributed by atoms with Gasteiger partial charge in [-0.1, -0.05) is 18.7 Å². The molecule has 0 bridgehead atoms. The van der Waals surface area contributed by atoms with E-state index in [-0.39, 0.29) is 5.75 Å². The molecule has 2 nitrogen and oxygen atoms in total. The first-order valence-corrected chi connectivity index (χ1v) is 5.04. The molecular weight excluding hydrogens is 200 g/mol. The van der Waals surface area contributed by atoms with Gasteiger partial charge in [0.2, 0.25) is 0 Å². The van der Waals surface area contributed by atoms with Gasteiger partial charge in [0.05, 0.1) is 0 Å². The van der Waals surface area contributed by atoms with Gasteiger partial charge in [-0.2, -0.15) is 0 Å². The van der Waals surface area contributed by atoms with Crippen molar-refractivity contribution in [2.45, 2.75) is 0 Å². The summed E-state index contributed by atoms with van der Waals surface area (Å²) in [6, 6.07) is 10.9. The van der Waals surface area contributed by atoms with Crippen molar-refractivity contribution in [3.8, 4) is 17.2 Å². The minimum atomic E-state index is 0.210. The summed E-state index contributed by atoms with van der Waals surface area (Å²) in [6.45, 7) is 3.86. The van der Waals surface area contributed by atoms with E-state index in [9.17, 15) is 5.11 Å². The number of ether oxygens (including phenoxy) is 1. The quantitative estimate of drug-likeness (QED) is 0.612. The second kappa shape index (κ2) is 3.14. The molecule has 0 radical (unpaired) electrons. The van der Waals surface area contributed by atoms with E-state index in [1.165, 1.54) is 0 Å². The molecule has 0 saturated heterocycles. The van der Waals surface area contributed by atoms with Gasteiger partial charge < -0.3 is 9.84 Å². The van der Waals surface area contributed by atoms with Gasteiger partial charge in [0.25, 0.3) is 0 Å². The summed E-state index contributed by atoms with van der Waals surface area (Å²) in [7, 11) is 0. The number of fused-ring (bicyclic) bond motifs is 2. The lowest BCUT2D eigenvalue weighted by Gasteiger charge is -2.14. The number of hydrogen-bond acceptors (Lipinski definition) is 2. The summed E-state index contributed by atoms with van der Waals surface area (Å²) in [5, 5.41) is 11.3. The number of phenolic OH excluding ortho intramolecular Hbond substituents is 1. The number of benzene rings is 2. The standard InChI is InChI=1S/C14H10O2/c1-9-2-3-10-7-11-4-5-12(15)8-14(11)16-13(10)6-9/h2-8,15H,1H2. The van der Waals surface area contributed by atoms with Crippen molar-refractivity contribution in [3.05, 3.63) is 52.4 Å². The molecule has 0 unspecified atom stereocenters. The highest BCUT2D eigenvalue weighted by atomic mass is 16.5. The first kappa shape index (κ1) is 9.04. The Morgan fingerprint density at radius 2 is 1.88 bits per heavy atom. The molecule has 0 spiro atoms. The maximum absolute atomic E-state index is 9.38. The van der Waals surface area contributed by atoms with Crippen molar-refractivity contribution >= 4 is 12.7 Å². The Bertz CT molecular complexity index is 672. The molecule has 0 aromatic heterocycles. The van der Waals surface area contributed by atoms with Gasteiger partial charge in [0.15, 0.2) is 0 Å². The lowest BCUT2D eigenvalue weighted by Crippen LogP contribution is -2.14. The fourth-order valence-corrected chi connectivity index (χ4v) is 1.80. The lowest BCUT2D eigenvalue weighted by molar-refractivity contribution is 0.450. The zero-order valence-electron chi connectivity index (χ0n) is 8.60. The molecule has 2 heteroatoms. The largest absolute Gasteiger partial charge is 0.508 e. The highest BCUT2D eigenvalue weighted by molar-refractivity contribution is 5.64. The van der Waals surface area contributed by atoms with Crippen LogP contribution in [0.2, 0.25) is 0 Å². The number of rotatable bonds is 0. The monoisotopic (exact) mass is 210 g/mol. The molecule has 2 aromatic carbocycles. The van der Waals surface area contributed by atoms with E-state index in [0.717, 1.165) is 21.8 Å². The molecule has 2 aromatic rings. The van der Waals surface area contributed by atoms with Gasteiger partial charge in [-0.15, -0.1) is 0 Å². The highest BCUT2D eigenvalue weighted by Crippen LogP contribution is 2.30. The number of aromatic hydroxyl groups is 1. The van der Waals surface area contributed by atoms with Crippen LogP contribution in [0.5, 0.6) is 17.2 Å². The molecule has 0 fully saturated rings. The molecule has 3 rings (SSSR count). The van der Waals surface area contributed by atoms with Gasteiger partial charge >= 0.3 is 0 Å². The molecule has 1 aliphatic rings. The van der Waals surface area contributed by atoms with Crippen molar-refractivity contribution in [2.75, 3.05) is 0 Å². The molecule has 16 heavy (non-hydrogen) atoms. The van der Waals surface area contributed by atoms with Crippen LogP contribution in [0.3, 0.4) is 0 Å². The zero-order valence-corrected chi connectivity index (χ0v) is 8.60. The number of hydrogen-bond donors (Lipinski definition) is 1. The minimum Gasteiger partial charge on any atom is -0.508 e. The first-order chi connectivity index (χ1) is 7.72. The third-order valence-corrected chi connectivity index (χ3v) is 2.61. The van der Waals surface area contributed by atoms with E-state index in [1.54, 1.807) is 12.1 Å². The Kier molecular flexibility index (Phi) is 1.77. The van der Waals surface area contributed by atoms with Crippen LogP contribution in [-0.4, -0.2) is 5.11 Å². The van der Waals surface area contributed by atoms with E-state index in [2.05, 4.69) is 6.58 Å². The average Bonchev–Trinajstić information content (AvgIpc) is 2.26. The van der Waals surface area contributed by atoms with E-state index < -0.39 is 0 Å². The second-order valence-corrected chi connectivity index (χ2v) is 3.84. The summed E-state index contributed by atoms with van der Waals surface area (Å²) in [5.74, 6) is 1.67. The molecular formula is C14H10O2. The van der Waals surface area contributed by atoms with E-state index in [1.807, 2.05) is 30.3 Å². The van der Waals surface area contributed by atoms with E-state index in [0.29, 0.717) is 5.75 Å². The van der Waals surface area contributed by atoms with Gasteiger partial charge in [0, 0.05) is 16.8 Å². The normalized spacial score (nSPS) is 12.0. The van der Waals surface area contributed by atoms with Gasteiger partial charge in [-0.25, -0.2) is 0 Å². The highest BCUT2D eigenvalue weighted by Gasteiger charge is 2.10. The van der Waals surface area contributed by atoms with Crippen LogP contribution in [0.4, 0.5) is 0 Å². The SMILES string of the molecule is C=c1ccc2c(c1)Oc1cc(O)ccc1C=2. The van der Waals surface area contributed by atoms with Crippen LogP contribution in [0.15, 0.2) is 36.4 Å². The topological polar surface area (TPSA) is 29.5 Å². The minimum absolute atomic E-state index is 0.210. The van der Waals surface area contributed by atoms with Crippen molar-refractivity contribution in [1.82, 2.24) is 0 Å². The molecule has 0 amide bonds. The zero-order chi connectivity index (χ0) is 11.1. The van der Waals surface area contributed by atoms with E-state index in [4.69, 9.17) is 4.74 Å². The summed E-state index contributed by atoms with van der Waals surface area (Å²) in [6.07, 6.45) is 2.03. The van der Waals surface area contributed by atoms with Crippen molar-refractivity contribution in [3.63, 3.8) is 0 Å². The third-order valence-electron chi connectivity index (χ3n) is 2.61. The van der Waals surface area contributed by atoms with Gasteiger partial charge in [-0.3, -0.25) is 0 Å². The Morgan fingerprint density at radius 1 is 1.00 bits per heavy atom. The summed E-state index contributed by atoms with van der Waals surface area (Å²) in [4.78, 5) is 0. The molecule has 78 valence electrons. The Labute approximate surface area is 92.7 Å². The maximum Gasteiger partial charge on any atom is 0.138 e. The fraction of sp³-hybridized carbons (Fsp3) is 0. The second-order valence-electron chi connectivity index (χ2n) is 3.84. The molecule has 0 atom stereocenters. The summed E-state index contributed by atoms with van der Waals surface area (Å²) in [5.41, 5.74) is 0.974. The molecule has 0 aliphatic carbocycles. The van der Waals surface area contributed by atoms with Crippen LogP contribution < -0.4 is 15.2 Å². The molecule has 1 N–H and O–H groups in total. The smallest absolute Gasteiger partial charge is 0.138 e. The predicted octanol–water partition coefficient (Wildman–Crippen LogP) is 1.74. The Morgan fingerprint density at radius 3 is 2.75 bits per heavy atom. The Balaban J connectivity index is 2.29.